The lowest BCUT2D eigenvalue weighted by Gasteiger charge is -2.29. The number of fused-ring (bicyclic) bond motifs is 1. The lowest BCUT2D eigenvalue weighted by molar-refractivity contribution is -0.00673. The van der Waals surface area contributed by atoms with E-state index >= 15 is 0 Å². The van der Waals surface area contributed by atoms with Gasteiger partial charge in [-0.3, -0.25) is 0 Å². The van der Waals surface area contributed by atoms with Crippen molar-refractivity contribution in [2.45, 2.75) is 5.18 Å². The zero-order valence-corrected chi connectivity index (χ0v) is 12.9. The van der Waals surface area contributed by atoms with Gasteiger partial charge in [0.25, 0.3) is 5.18 Å². The molecule has 1 N–H and O–H groups in total. The minimum absolute atomic E-state index is 0.350. The first kappa shape index (κ1) is 16.0. The smallest absolute Gasteiger partial charge is 0.267 e. The Kier molecular flexibility index (Phi) is 5.81. The third-order valence-corrected chi connectivity index (χ3v) is 3.32. The maximum atomic E-state index is 6.44. The van der Waals surface area contributed by atoms with Crippen molar-refractivity contribution in [3.63, 3.8) is 0 Å². The van der Waals surface area contributed by atoms with Crippen molar-refractivity contribution in [1.29, 1.82) is 0 Å². The molecule has 0 bridgehead atoms. The molecule has 0 amide bonds. The largest absolute Gasteiger partial charge is 0.491 e. The molecular formula is C14H19ClN2O4. The number of aliphatic imine (C=N–C) groups is 1. The van der Waals surface area contributed by atoms with Crippen LogP contribution in [0.1, 0.15) is 5.56 Å². The molecular weight excluding hydrogens is 296 g/mol. The Morgan fingerprint density at radius 2 is 1.90 bits per heavy atom. The summed E-state index contributed by atoms with van der Waals surface area (Å²) in [5, 5.41) is 1.81. The molecule has 2 rings (SSSR count). The van der Waals surface area contributed by atoms with Crippen molar-refractivity contribution >= 4 is 23.6 Å². The van der Waals surface area contributed by atoms with Gasteiger partial charge in [0.2, 0.25) is 0 Å². The van der Waals surface area contributed by atoms with Crippen LogP contribution >= 0.6 is 11.6 Å². The molecule has 0 radical (unpaired) electrons. The predicted octanol–water partition coefficient (Wildman–Crippen LogP) is 2.18. The zero-order chi connectivity index (χ0) is 15.1. The quantitative estimate of drug-likeness (QED) is 0.453. The van der Waals surface area contributed by atoms with Crippen LogP contribution in [0.2, 0.25) is 0 Å². The fourth-order valence-electron chi connectivity index (χ4n) is 1.87. The van der Waals surface area contributed by atoms with E-state index in [0.717, 1.165) is 17.0 Å². The molecule has 116 valence electrons. The van der Waals surface area contributed by atoms with Crippen molar-refractivity contribution in [1.82, 2.24) is 0 Å². The Hall–Kier alpha value is -1.34. The highest BCUT2D eigenvalue weighted by Crippen LogP contribution is 2.40. The van der Waals surface area contributed by atoms with Crippen LogP contribution in [-0.4, -0.2) is 47.0 Å². The molecule has 1 atom stereocenters. The van der Waals surface area contributed by atoms with Gasteiger partial charge in [0.15, 0.2) is 0 Å². The van der Waals surface area contributed by atoms with Crippen LogP contribution < -0.4 is 10.1 Å². The van der Waals surface area contributed by atoms with E-state index in [2.05, 4.69) is 10.3 Å². The molecule has 6 nitrogen and oxygen atoms in total. The van der Waals surface area contributed by atoms with Gasteiger partial charge in [0.1, 0.15) is 12.4 Å². The summed E-state index contributed by atoms with van der Waals surface area (Å²) in [7, 11) is 3.24. The first-order chi connectivity index (χ1) is 10.2. The second-order valence-electron chi connectivity index (χ2n) is 4.35. The van der Waals surface area contributed by atoms with Crippen molar-refractivity contribution in [3.05, 3.63) is 23.8 Å². The molecule has 1 aromatic rings. The Morgan fingerprint density at radius 3 is 2.67 bits per heavy atom. The van der Waals surface area contributed by atoms with E-state index < -0.39 is 5.18 Å². The van der Waals surface area contributed by atoms with Gasteiger partial charge in [-0.1, -0.05) is 11.6 Å². The van der Waals surface area contributed by atoms with Crippen LogP contribution in [0.3, 0.4) is 0 Å². The van der Waals surface area contributed by atoms with Gasteiger partial charge in [-0.2, -0.15) is 0 Å². The minimum atomic E-state index is -1.23. The molecule has 0 aliphatic carbocycles. The fourth-order valence-corrected chi connectivity index (χ4v) is 2.16. The molecule has 21 heavy (non-hydrogen) atoms. The zero-order valence-electron chi connectivity index (χ0n) is 12.1. The minimum Gasteiger partial charge on any atom is -0.491 e. The van der Waals surface area contributed by atoms with E-state index in [1.807, 2.05) is 18.2 Å². The number of rotatable bonds is 8. The molecule has 1 aliphatic heterocycles. The molecule has 1 aromatic carbocycles. The van der Waals surface area contributed by atoms with Gasteiger partial charge in [0.05, 0.1) is 31.8 Å². The van der Waals surface area contributed by atoms with E-state index in [4.69, 9.17) is 30.5 Å². The fraction of sp³-hybridized carbons (Fsp3) is 0.500. The number of benzene rings is 1. The first-order valence-corrected chi connectivity index (χ1v) is 6.95. The summed E-state index contributed by atoms with van der Waals surface area (Å²) in [6.07, 6.45) is 1.51. The molecule has 0 spiro atoms. The summed E-state index contributed by atoms with van der Waals surface area (Å²) in [6, 6.07) is 5.52. The van der Waals surface area contributed by atoms with Gasteiger partial charge >= 0.3 is 0 Å². The Bertz CT molecular complexity index is 498. The van der Waals surface area contributed by atoms with Crippen molar-refractivity contribution in [2.75, 3.05) is 46.0 Å². The van der Waals surface area contributed by atoms with Crippen molar-refractivity contribution in [2.24, 2.45) is 4.99 Å². The summed E-state index contributed by atoms with van der Waals surface area (Å²) in [5.74, 6) is 0.726. The number of alkyl halides is 1. The third kappa shape index (κ3) is 4.07. The normalized spacial score (nSPS) is 20.0. The van der Waals surface area contributed by atoms with E-state index in [1.54, 1.807) is 14.2 Å². The van der Waals surface area contributed by atoms with Crippen LogP contribution in [0.25, 0.3) is 0 Å². The maximum Gasteiger partial charge on any atom is 0.267 e. The summed E-state index contributed by atoms with van der Waals surface area (Å²) in [5.41, 5.74) is 1.54. The molecule has 1 unspecified atom stereocenters. The molecule has 1 heterocycles. The Balaban J connectivity index is 2.10. The van der Waals surface area contributed by atoms with Crippen LogP contribution in [-0.2, 0) is 19.4 Å². The summed E-state index contributed by atoms with van der Waals surface area (Å²) >= 11 is 6.44. The van der Waals surface area contributed by atoms with Crippen molar-refractivity contribution < 1.29 is 18.9 Å². The van der Waals surface area contributed by atoms with Crippen LogP contribution in [0.4, 0.5) is 5.69 Å². The van der Waals surface area contributed by atoms with Crippen LogP contribution in [0, 0.1) is 0 Å². The average molecular weight is 315 g/mol. The molecule has 0 aromatic heterocycles. The molecule has 0 saturated carbocycles. The maximum absolute atomic E-state index is 6.44. The van der Waals surface area contributed by atoms with E-state index in [1.165, 1.54) is 6.34 Å². The summed E-state index contributed by atoms with van der Waals surface area (Å²) in [6.45, 7) is 1.82. The van der Waals surface area contributed by atoms with Gasteiger partial charge < -0.3 is 24.3 Å². The highest BCUT2D eigenvalue weighted by Gasteiger charge is 2.34. The van der Waals surface area contributed by atoms with Gasteiger partial charge in [-0.25, -0.2) is 4.99 Å². The second kappa shape index (κ2) is 7.61. The number of ether oxygens (including phenoxy) is 4. The molecule has 1 aliphatic rings. The number of hydrogen-bond acceptors (Lipinski definition) is 6. The number of methoxy groups -OCH3 is 2. The number of anilines is 1. The highest BCUT2D eigenvalue weighted by molar-refractivity contribution is 6.24. The standard InChI is InChI=1S/C14H19ClN2O4/c1-18-5-7-20-11-3-4-12-13(9-11)16-10-17-14(12,15)21-8-6-19-2/h3-4,9-10H,5-8H2,1-2H3,(H,16,17). The van der Waals surface area contributed by atoms with Gasteiger partial charge in [-0.15, -0.1) is 0 Å². The molecule has 0 saturated heterocycles. The highest BCUT2D eigenvalue weighted by atomic mass is 35.5. The lowest BCUT2D eigenvalue weighted by atomic mass is 10.1. The van der Waals surface area contributed by atoms with Crippen LogP contribution in [0.15, 0.2) is 23.2 Å². The first-order valence-electron chi connectivity index (χ1n) is 6.58. The molecule has 7 heteroatoms. The number of hydrogen-bond donors (Lipinski definition) is 1. The van der Waals surface area contributed by atoms with E-state index in [9.17, 15) is 0 Å². The Morgan fingerprint density at radius 1 is 1.14 bits per heavy atom. The number of nitrogens with zero attached hydrogens (tertiary/aromatic N) is 1. The topological polar surface area (TPSA) is 61.3 Å². The third-order valence-electron chi connectivity index (χ3n) is 2.91. The average Bonchev–Trinajstić information content (AvgIpc) is 2.48. The molecule has 0 fully saturated rings. The monoisotopic (exact) mass is 314 g/mol. The lowest BCUT2D eigenvalue weighted by Crippen LogP contribution is -2.28. The van der Waals surface area contributed by atoms with Gasteiger partial charge in [-0.05, 0) is 12.1 Å². The summed E-state index contributed by atoms with van der Waals surface area (Å²) in [4.78, 5) is 4.17. The number of nitrogens with one attached hydrogen (secondary N) is 1. The second-order valence-corrected chi connectivity index (χ2v) is 4.87. The Labute approximate surface area is 129 Å². The van der Waals surface area contributed by atoms with Gasteiger partial charge in [0, 0.05) is 25.8 Å². The van der Waals surface area contributed by atoms with Crippen molar-refractivity contribution in [3.8, 4) is 5.75 Å². The van der Waals surface area contributed by atoms with E-state index in [-0.39, 0.29) is 0 Å². The summed E-state index contributed by atoms with van der Waals surface area (Å²) < 4.78 is 21.1. The SMILES string of the molecule is COCCOc1ccc2c(c1)NC=NC2(Cl)OCCOC. The van der Waals surface area contributed by atoms with Crippen LogP contribution in [0.5, 0.6) is 5.75 Å². The number of halogens is 1. The predicted molar refractivity (Wildman–Crippen MR) is 81.3 cm³/mol. The van der Waals surface area contributed by atoms with E-state index in [0.29, 0.717) is 26.4 Å².